The SMILES string of the molecule is CC[C@@]1(C)Cc2c(sc3nc(SCCN4C(=O)c5ccccc5C4=O)nc(N)c23)CO1. The van der Waals surface area contributed by atoms with Gasteiger partial charge in [-0.3, -0.25) is 14.5 Å². The molecule has 0 fully saturated rings. The quantitative estimate of drug-likeness (QED) is 0.355. The number of fused-ring (bicyclic) bond motifs is 4. The lowest BCUT2D eigenvalue weighted by atomic mass is 9.90. The van der Waals surface area contributed by atoms with Gasteiger partial charge in [0.2, 0.25) is 0 Å². The average Bonchev–Trinajstić information content (AvgIpc) is 3.24. The molecule has 2 aliphatic rings. The zero-order valence-electron chi connectivity index (χ0n) is 17.3. The summed E-state index contributed by atoms with van der Waals surface area (Å²) < 4.78 is 6.06. The number of imide groups is 1. The van der Waals surface area contributed by atoms with Crippen LogP contribution in [0.25, 0.3) is 10.2 Å². The molecule has 1 aromatic carbocycles. The smallest absolute Gasteiger partial charge is 0.261 e. The summed E-state index contributed by atoms with van der Waals surface area (Å²) in [6.45, 7) is 5.12. The van der Waals surface area contributed by atoms with Crippen LogP contribution in [0.3, 0.4) is 0 Å². The van der Waals surface area contributed by atoms with E-state index in [1.807, 2.05) is 0 Å². The Kier molecular flexibility index (Phi) is 4.99. The third-order valence-corrected chi connectivity index (χ3v) is 7.94. The number of benzene rings is 1. The Morgan fingerprint density at radius 2 is 1.94 bits per heavy atom. The van der Waals surface area contributed by atoms with Crippen molar-refractivity contribution in [2.24, 2.45) is 0 Å². The van der Waals surface area contributed by atoms with Crippen molar-refractivity contribution < 1.29 is 14.3 Å². The van der Waals surface area contributed by atoms with E-state index in [2.05, 4.69) is 18.8 Å². The highest BCUT2D eigenvalue weighted by molar-refractivity contribution is 7.99. The fraction of sp³-hybridized carbons (Fsp3) is 0.364. The second-order valence-corrected chi connectivity index (χ2v) is 10.1. The molecule has 2 N–H and O–H groups in total. The normalized spacial score (nSPS) is 20.4. The van der Waals surface area contributed by atoms with E-state index in [9.17, 15) is 9.59 Å². The Labute approximate surface area is 188 Å². The number of nitrogens with two attached hydrogens (primary N) is 1. The van der Waals surface area contributed by atoms with E-state index < -0.39 is 0 Å². The van der Waals surface area contributed by atoms with Crippen molar-refractivity contribution in [3.63, 3.8) is 0 Å². The van der Waals surface area contributed by atoms with Crippen LogP contribution >= 0.6 is 23.1 Å². The van der Waals surface area contributed by atoms with Crippen LogP contribution in [-0.2, 0) is 17.8 Å². The standard InChI is InChI=1S/C22H22N4O3S2/c1-3-22(2)10-14-15(11-29-22)31-18-16(14)17(23)24-21(25-18)30-9-8-26-19(27)12-6-4-5-7-13(12)20(26)28/h4-7H,3,8-11H2,1-2H3,(H2,23,24,25)/t22-/m0/s1. The molecule has 4 heterocycles. The Bertz CT molecular complexity index is 1190. The summed E-state index contributed by atoms with van der Waals surface area (Å²) in [6, 6.07) is 6.91. The fourth-order valence-corrected chi connectivity index (χ4v) is 5.99. The van der Waals surface area contributed by atoms with Gasteiger partial charge in [-0.25, -0.2) is 9.97 Å². The Hall–Kier alpha value is -2.49. The molecule has 2 aromatic heterocycles. The van der Waals surface area contributed by atoms with E-state index in [1.54, 1.807) is 35.6 Å². The molecule has 0 saturated heterocycles. The highest BCUT2D eigenvalue weighted by atomic mass is 32.2. The van der Waals surface area contributed by atoms with Gasteiger partial charge in [0, 0.05) is 23.6 Å². The number of ether oxygens (including phenoxy) is 1. The third kappa shape index (κ3) is 3.40. The van der Waals surface area contributed by atoms with Crippen molar-refractivity contribution in [3.8, 4) is 0 Å². The van der Waals surface area contributed by atoms with Crippen molar-refractivity contribution >= 4 is 50.9 Å². The number of anilines is 1. The molecule has 3 aromatic rings. The number of thioether (sulfide) groups is 1. The predicted octanol–water partition coefficient (Wildman–Crippen LogP) is 3.90. The van der Waals surface area contributed by atoms with E-state index in [0.29, 0.717) is 41.0 Å². The van der Waals surface area contributed by atoms with E-state index in [1.165, 1.54) is 22.2 Å². The van der Waals surface area contributed by atoms with Gasteiger partial charge in [0.15, 0.2) is 5.16 Å². The van der Waals surface area contributed by atoms with Gasteiger partial charge in [-0.15, -0.1) is 11.3 Å². The molecule has 0 radical (unpaired) electrons. The van der Waals surface area contributed by atoms with E-state index in [4.69, 9.17) is 15.5 Å². The maximum absolute atomic E-state index is 12.5. The molecule has 1 atom stereocenters. The second kappa shape index (κ2) is 7.58. The number of thiophene rings is 1. The van der Waals surface area contributed by atoms with Gasteiger partial charge >= 0.3 is 0 Å². The lowest BCUT2D eigenvalue weighted by Gasteiger charge is -2.33. The van der Waals surface area contributed by atoms with E-state index in [0.717, 1.165) is 27.9 Å². The van der Waals surface area contributed by atoms with Gasteiger partial charge in [0.25, 0.3) is 11.8 Å². The molecule has 9 heteroatoms. The minimum Gasteiger partial charge on any atom is -0.383 e. The first-order valence-corrected chi connectivity index (χ1v) is 12.0. The number of amides is 2. The Morgan fingerprint density at radius 1 is 1.23 bits per heavy atom. The summed E-state index contributed by atoms with van der Waals surface area (Å²) in [5, 5.41) is 1.49. The molecule has 2 aliphatic heterocycles. The molecule has 0 aliphatic carbocycles. The maximum atomic E-state index is 12.5. The van der Waals surface area contributed by atoms with Crippen LogP contribution in [0.2, 0.25) is 0 Å². The van der Waals surface area contributed by atoms with Gasteiger partial charge in [-0.2, -0.15) is 0 Å². The largest absolute Gasteiger partial charge is 0.383 e. The zero-order valence-corrected chi connectivity index (χ0v) is 18.9. The first kappa shape index (κ1) is 20.4. The minimum absolute atomic E-state index is 0.187. The molecular weight excluding hydrogens is 432 g/mol. The number of hydrogen-bond donors (Lipinski definition) is 1. The van der Waals surface area contributed by atoms with Crippen molar-refractivity contribution in [1.82, 2.24) is 14.9 Å². The number of nitrogens with zero attached hydrogens (tertiary/aromatic N) is 3. The molecule has 160 valence electrons. The number of hydrogen-bond acceptors (Lipinski definition) is 8. The van der Waals surface area contributed by atoms with Gasteiger partial charge in [0.05, 0.1) is 28.7 Å². The number of nitrogen functional groups attached to an aromatic ring is 1. The average molecular weight is 455 g/mol. The number of carbonyl (C=O) groups excluding carboxylic acids is 2. The van der Waals surface area contributed by atoms with Crippen LogP contribution < -0.4 is 5.73 Å². The number of aromatic nitrogens is 2. The van der Waals surface area contributed by atoms with Crippen LogP contribution in [-0.4, -0.2) is 44.6 Å². The van der Waals surface area contributed by atoms with Crippen LogP contribution in [0.5, 0.6) is 0 Å². The lowest BCUT2D eigenvalue weighted by molar-refractivity contribution is -0.0542. The molecule has 7 nitrogen and oxygen atoms in total. The summed E-state index contributed by atoms with van der Waals surface area (Å²) in [5.41, 5.74) is 8.28. The highest BCUT2D eigenvalue weighted by Gasteiger charge is 2.35. The van der Waals surface area contributed by atoms with Gasteiger partial charge in [-0.1, -0.05) is 30.8 Å². The first-order chi connectivity index (χ1) is 14.9. The second-order valence-electron chi connectivity index (χ2n) is 8.00. The van der Waals surface area contributed by atoms with E-state index >= 15 is 0 Å². The van der Waals surface area contributed by atoms with Crippen LogP contribution in [0, 0.1) is 0 Å². The summed E-state index contributed by atoms with van der Waals surface area (Å²) >= 11 is 3.00. The lowest BCUT2D eigenvalue weighted by Crippen LogP contribution is -2.33. The van der Waals surface area contributed by atoms with Gasteiger partial charge < -0.3 is 10.5 Å². The molecular formula is C22H22N4O3S2. The fourth-order valence-electron chi connectivity index (χ4n) is 4.04. The topological polar surface area (TPSA) is 98.4 Å². The Balaban J connectivity index is 1.32. The van der Waals surface area contributed by atoms with E-state index in [-0.39, 0.29) is 17.4 Å². The monoisotopic (exact) mass is 454 g/mol. The summed E-state index contributed by atoms with van der Waals surface area (Å²) in [4.78, 5) is 37.5. The molecule has 0 unspecified atom stereocenters. The van der Waals surface area contributed by atoms with Crippen LogP contribution in [0.1, 0.15) is 51.4 Å². The first-order valence-electron chi connectivity index (χ1n) is 10.2. The van der Waals surface area contributed by atoms with Crippen LogP contribution in [0.4, 0.5) is 5.82 Å². The Morgan fingerprint density at radius 3 is 2.61 bits per heavy atom. The van der Waals surface area contributed by atoms with Gasteiger partial charge in [-0.05, 0) is 31.0 Å². The summed E-state index contributed by atoms with van der Waals surface area (Å²) in [7, 11) is 0. The zero-order chi connectivity index (χ0) is 21.8. The molecule has 0 spiro atoms. The summed E-state index contributed by atoms with van der Waals surface area (Å²) in [6.07, 6.45) is 1.73. The molecule has 2 amide bonds. The maximum Gasteiger partial charge on any atom is 0.261 e. The molecule has 31 heavy (non-hydrogen) atoms. The van der Waals surface area contributed by atoms with Crippen molar-refractivity contribution in [3.05, 3.63) is 45.8 Å². The van der Waals surface area contributed by atoms with Gasteiger partial charge in [0.1, 0.15) is 10.6 Å². The van der Waals surface area contributed by atoms with Crippen molar-refractivity contribution in [1.29, 1.82) is 0 Å². The molecule has 5 rings (SSSR count). The highest BCUT2D eigenvalue weighted by Crippen LogP contribution is 2.41. The van der Waals surface area contributed by atoms with Crippen molar-refractivity contribution in [2.75, 3.05) is 18.0 Å². The number of rotatable bonds is 5. The third-order valence-electron chi connectivity index (χ3n) is 6.02. The van der Waals surface area contributed by atoms with Crippen LogP contribution in [0.15, 0.2) is 29.4 Å². The summed E-state index contributed by atoms with van der Waals surface area (Å²) in [5.74, 6) is 0.480. The number of carbonyl (C=O) groups is 2. The predicted molar refractivity (Wildman–Crippen MR) is 122 cm³/mol. The van der Waals surface area contributed by atoms with Crippen molar-refractivity contribution in [2.45, 2.75) is 44.1 Å². The molecule has 0 bridgehead atoms. The molecule has 0 saturated carbocycles. The minimum atomic E-state index is -0.248.